The monoisotopic (exact) mass is 695 g/mol. The lowest BCUT2D eigenvalue weighted by atomic mass is 9.78. The number of alkyl halides is 9. The van der Waals surface area contributed by atoms with Gasteiger partial charge < -0.3 is 24.8 Å². The minimum atomic E-state index is -5.08. The summed E-state index contributed by atoms with van der Waals surface area (Å²) in [6.45, 7) is 4.69. The Balaban J connectivity index is 0.000000430. The molecule has 47 heavy (non-hydrogen) atoms. The summed E-state index contributed by atoms with van der Waals surface area (Å²) in [6, 6.07) is 11.9. The number of piperidine rings is 1. The first-order valence-electron chi connectivity index (χ1n) is 13.4. The maximum atomic E-state index is 10.6. The lowest BCUT2D eigenvalue weighted by Gasteiger charge is -2.42. The van der Waals surface area contributed by atoms with Gasteiger partial charge in [-0.25, -0.2) is 19.4 Å². The van der Waals surface area contributed by atoms with Crippen molar-refractivity contribution in [3.63, 3.8) is 0 Å². The molecule has 2 aliphatic rings. The van der Waals surface area contributed by atoms with Crippen molar-refractivity contribution in [2.75, 3.05) is 26.3 Å². The van der Waals surface area contributed by atoms with Crippen molar-refractivity contribution in [2.45, 2.75) is 56.4 Å². The molecule has 20 heteroatoms. The molecule has 264 valence electrons. The molecule has 0 aliphatic carbocycles. The van der Waals surface area contributed by atoms with Gasteiger partial charge in [0.15, 0.2) is 0 Å². The molecule has 2 aromatic rings. The highest BCUT2D eigenvalue weighted by Crippen LogP contribution is 2.42. The van der Waals surface area contributed by atoms with Crippen LogP contribution in [0.4, 0.5) is 39.5 Å². The maximum absolute atomic E-state index is 10.6. The van der Waals surface area contributed by atoms with Crippen LogP contribution in [0.15, 0.2) is 48.8 Å². The summed E-state index contributed by atoms with van der Waals surface area (Å²) in [5, 5.41) is 21.4. The molecule has 1 spiro atoms. The highest BCUT2D eigenvalue weighted by atomic mass is 19.4. The van der Waals surface area contributed by atoms with Crippen LogP contribution in [0.25, 0.3) is 0 Å². The lowest BCUT2D eigenvalue weighted by molar-refractivity contribution is -0.193. The van der Waals surface area contributed by atoms with E-state index in [0.29, 0.717) is 18.4 Å². The number of ether oxygens (including phenoxy) is 2. The van der Waals surface area contributed by atoms with Crippen molar-refractivity contribution in [1.82, 2.24) is 14.9 Å². The Bertz CT molecular complexity index is 1180. The fourth-order valence-corrected chi connectivity index (χ4v) is 4.29. The van der Waals surface area contributed by atoms with Crippen LogP contribution in [0.3, 0.4) is 0 Å². The van der Waals surface area contributed by atoms with Crippen molar-refractivity contribution in [3.8, 4) is 5.88 Å². The zero-order valence-electron chi connectivity index (χ0n) is 24.2. The molecule has 3 N–H and O–H groups in total. The molecule has 0 bridgehead atoms. The average Bonchev–Trinajstić information content (AvgIpc) is 3.36. The van der Waals surface area contributed by atoms with Crippen LogP contribution in [0.1, 0.15) is 31.4 Å². The third kappa shape index (κ3) is 15.8. The van der Waals surface area contributed by atoms with Crippen molar-refractivity contribution in [2.24, 2.45) is 5.92 Å². The largest absolute Gasteiger partial charge is 0.490 e. The number of carboxylic acid groups (broad SMARTS) is 3. The number of hydrogen-bond acceptors (Lipinski definition) is 8. The molecule has 0 saturated carbocycles. The fourth-order valence-electron chi connectivity index (χ4n) is 4.29. The van der Waals surface area contributed by atoms with E-state index < -0.39 is 36.4 Å². The summed E-state index contributed by atoms with van der Waals surface area (Å²) in [4.78, 5) is 37.9. The Labute approximate surface area is 260 Å². The molecular formula is C27H30F9N3O8. The van der Waals surface area contributed by atoms with Gasteiger partial charge in [-0.2, -0.15) is 39.5 Å². The Kier molecular flexibility index (Phi) is 15.8. The quantitative estimate of drug-likeness (QED) is 0.341. The predicted molar refractivity (Wildman–Crippen MR) is 141 cm³/mol. The molecule has 0 amide bonds. The van der Waals surface area contributed by atoms with Gasteiger partial charge in [0.1, 0.15) is 0 Å². The number of halogens is 9. The Morgan fingerprint density at radius 3 is 1.68 bits per heavy atom. The summed E-state index contributed by atoms with van der Waals surface area (Å²) in [6.07, 6.45) is -7.21. The van der Waals surface area contributed by atoms with E-state index in [1.165, 1.54) is 0 Å². The Hall–Kier alpha value is -4.20. The first-order chi connectivity index (χ1) is 21.7. The molecule has 1 unspecified atom stereocenters. The number of nitrogens with zero attached hydrogens (tertiary/aromatic N) is 3. The summed E-state index contributed by atoms with van der Waals surface area (Å²) >= 11 is 0. The number of hydrogen-bond donors (Lipinski definition) is 3. The normalized spacial score (nSPS) is 17.5. The molecule has 4 rings (SSSR count). The van der Waals surface area contributed by atoms with Crippen molar-refractivity contribution >= 4 is 17.9 Å². The van der Waals surface area contributed by atoms with E-state index in [1.54, 1.807) is 6.20 Å². The van der Waals surface area contributed by atoms with E-state index in [-0.39, 0.29) is 5.60 Å². The van der Waals surface area contributed by atoms with Gasteiger partial charge in [0.2, 0.25) is 5.88 Å². The topological polar surface area (TPSA) is 159 Å². The van der Waals surface area contributed by atoms with Gasteiger partial charge >= 0.3 is 36.4 Å². The summed E-state index contributed by atoms with van der Waals surface area (Å²) < 4.78 is 107. The predicted octanol–water partition coefficient (Wildman–Crippen LogP) is 5.22. The van der Waals surface area contributed by atoms with Gasteiger partial charge in [-0.05, 0) is 49.8 Å². The smallest absolute Gasteiger partial charge is 0.478 e. The number of carboxylic acids is 3. The van der Waals surface area contributed by atoms with Gasteiger partial charge in [0.25, 0.3) is 0 Å². The molecule has 2 aliphatic heterocycles. The lowest BCUT2D eigenvalue weighted by Crippen LogP contribution is -2.47. The molecule has 11 nitrogen and oxygen atoms in total. The zero-order valence-corrected chi connectivity index (χ0v) is 24.2. The molecule has 0 aromatic carbocycles. The zero-order chi connectivity index (χ0) is 35.9. The molecule has 2 fully saturated rings. The maximum Gasteiger partial charge on any atom is 0.490 e. The molecule has 0 radical (unpaired) electrons. The van der Waals surface area contributed by atoms with E-state index in [4.69, 9.17) is 39.2 Å². The summed E-state index contributed by atoms with van der Waals surface area (Å²) in [7, 11) is 0. The van der Waals surface area contributed by atoms with E-state index in [2.05, 4.69) is 27.0 Å². The Morgan fingerprint density at radius 1 is 0.809 bits per heavy atom. The number of aromatic nitrogens is 2. The third-order valence-corrected chi connectivity index (χ3v) is 6.50. The second-order valence-electron chi connectivity index (χ2n) is 9.71. The van der Waals surface area contributed by atoms with Crippen molar-refractivity contribution < 1.29 is 78.7 Å². The van der Waals surface area contributed by atoms with Gasteiger partial charge in [-0.3, -0.25) is 9.88 Å². The van der Waals surface area contributed by atoms with Crippen LogP contribution in [0, 0.1) is 5.92 Å². The highest BCUT2D eigenvalue weighted by molar-refractivity contribution is 5.73. The fraction of sp³-hybridized carbons (Fsp3) is 0.519. The number of rotatable bonds is 6. The summed E-state index contributed by atoms with van der Waals surface area (Å²) in [5.41, 5.74) is 1.20. The summed E-state index contributed by atoms with van der Waals surface area (Å²) in [5.74, 6) is -6.97. The highest BCUT2D eigenvalue weighted by Gasteiger charge is 2.46. The molecule has 4 heterocycles. The first-order valence-corrected chi connectivity index (χ1v) is 13.4. The van der Waals surface area contributed by atoms with Crippen LogP contribution in [0.2, 0.25) is 0 Å². The van der Waals surface area contributed by atoms with E-state index in [1.807, 2.05) is 30.5 Å². The number of carbonyl (C=O) groups is 3. The number of aliphatic carboxylic acids is 3. The van der Waals surface area contributed by atoms with E-state index in [9.17, 15) is 39.5 Å². The van der Waals surface area contributed by atoms with E-state index >= 15 is 0 Å². The third-order valence-electron chi connectivity index (χ3n) is 6.50. The van der Waals surface area contributed by atoms with Crippen LogP contribution in [-0.4, -0.2) is 98.5 Å². The van der Waals surface area contributed by atoms with Gasteiger partial charge in [-0.15, -0.1) is 0 Å². The average molecular weight is 696 g/mol. The first kappa shape index (κ1) is 40.8. The van der Waals surface area contributed by atoms with Crippen molar-refractivity contribution in [3.05, 3.63) is 54.5 Å². The molecule has 2 aromatic heterocycles. The Morgan fingerprint density at radius 2 is 1.28 bits per heavy atom. The molecule has 1 atom stereocenters. The van der Waals surface area contributed by atoms with Crippen LogP contribution >= 0.6 is 0 Å². The second-order valence-corrected chi connectivity index (χ2v) is 9.71. The van der Waals surface area contributed by atoms with Gasteiger partial charge in [0.05, 0.1) is 17.9 Å². The second kappa shape index (κ2) is 18.2. The van der Waals surface area contributed by atoms with Crippen LogP contribution in [0.5, 0.6) is 5.88 Å². The number of pyridine rings is 2. The molecule has 2 saturated heterocycles. The van der Waals surface area contributed by atoms with Crippen LogP contribution < -0.4 is 4.74 Å². The molecular weight excluding hydrogens is 665 g/mol. The minimum absolute atomic E-state index is 0.0497. The standard InChI is InChI=1S/C21H27N3O2.3C2HF3O2/c1-3-11-22-19(5-1)17-24-13-9-21(10-14-24)18(8-16-26-21)7-15-25-20-6-2-4-12-23-20;3*3-2(4,5)1(6)7/h1-6,11-12,18H,7-10,13-17H2;3*(H,6,7). The van der Waals surface area contributed by atoms with E-state index in [0.717, 1.165) is 57.6 Å². The minimum Gasteiger partial charge on any atom is -0.478 e. The van der Waals surface area contributed by atoms with Gasteiger partial charge in [0, 0.05) is 44.7 Å². The van der Waals surface area contributed by atoms with Gasteiger partial charge in [-0.1, -0.05) is 12.1 Å². The number of likely N-dealkylation sites (tertiary alicyclic amines) is 1. The van der Waals surface area contributed by atoms with Crippen molar-refractivity contribution in [1.29, 1.82) is 0 Å². The van der Waals surface area contributed by atoms with Crippen LogP contribution in [-0.2, 0) is 25.7 Å². The SMILES string of the molecule is O=C(O)C(F)(F)F.O=C(O)C(F)(F)F.O=C(O)C(F)(F)F.c1ccc(CN2CCC3(CC2)OCCC3CCOc2ccccn2)nc1.